The Labute approximate surface area is 91.0 Å². The van der Waals surface area contributed by atoms with Gasteiger partial charge in [-0.25, -0.2) is 5.53 Å². The van der Waals surface area contributed by atoms with Crippen molar-refractivity contribution in [3.63, 3.8) is 0 Å². The molecule has 0 fully saturated rings. The van der Waals surface area contributed by atoms with Gasteiger partial charge in [0.1, 0.15) is 5.84 Å². The first kappa shape index (κ1) is 9.64. The summed E-state index contributed by atoms with van der Waals surface area (Å²) in [6.07, 6.45) is 0. The monoisotopic (exact) mass is 228 g/mol. The molecule has 0 bridgehead atoms. The number of thioether (sulfide) groups is 1. The lowest BCUT2D eigenvalue weighted by Gasteiger charge is -2.01. The molecule has 1 aliphatic rings. The van der Waals surface area contributed by atoms with E-state index in [1.54, 1.807) is 11.8 Å². The van der Waals surface area contributed by atoms with Crippen molar-refractivity contribution < 1.29 is 0 Å². The van der Waals surface area contributed by atoms with E-state index in [1.165, 1.54) is 4.90 Å². The maximum Gasteiger partial charge on any atom is 0.149 e. The van der Waals surface area contributed by atoms with E-state index in [2.05, 4.69) is 21.6 Å². The summed E-state index contributed by atoms with van der Waals surface area (Å²) < 4.78 is 0. The molecule has 0 aliphatic carbocycles. The first-order chi connectivity index (χ1) is 6.84. The van der Waals surface area contributed by atoms with Crippen LogP contribution in [0.25, 0.3) is 0 Å². The Morgan fingerprint density at radius 2 is 2.07 bits per heavy atom. The Kier molecular flexibility index (Phi) is 3.13. The molecule has 1 aliphatic heterocycles. The van der Waals surface area contributed by atoms with Gasteiger partial charge in [-0.15, -0.1) is 22.4 Å². The van der Waals surface area contributed by atoms with Gasteiger partial charge in [0, 0.05) is 9.92 Å². The molecule has 1 heterocycles. The van der Waals surface area contributed by atoms with E-state index in [0.717, 1.165) is 16.6 Å². The van der Waals surface area contributed by atoms with Gasteiger partial charge in [0.2, 0.25) is 0 Å². The van der Waals surface area contributed by atoms with E-state index < -0.39 is 0 Å². The summed E-state index contributed by atoms with van der Waals surface area (Å²) >= 11 is 7.47. The van der Waals surface area contributed by atoms with Crippen LogP contribution in [-0.2, 0) is 0 Å². The number of hydrogen-bond acceptors (Lipinski definition) is 5. The standard InChI is InChI=1S/C8H9ClN4S/c9-6-1-3-7(4-2-6)14-5-8-10-12-13-11-8/h1-4,12-13H,5H2,(H,10,11). The van der Waals surface area contributed by atoms with Crippen molar-refractivity contribution in [3.05, 3.63) is 29.3 Å². The molecule has 74 valence electrons. The minimum Gasteiger partial charge on any atom is -0.288 e. The van der Waals surface area contributed by atoms with Crippen molar-refractivity contribution in [2.24, 2.45) is 5.10 Å². The second-order valence-corrected chi connectivity index (χ2v) is 4.15. The Morgan fingerprint density at radius 3 is 2.71 bits per heavy atom. The van der Waals surface area contributed by atoms with Crippen LogP contribution in [0.1, 0.15) is 0 Å². The second kappa shape index (κ2) is 4.54. The zero-order chi connectivity index (χ0) is 9.80. The average molecular weight is 229 g/mol. The third kappa shape index (κ3) is 2.54. The van der Waals surface area contributed by atoms with E-state index >= 15 is 0 Å². The van der Waals surface area contributed by atoms with Crippen LogP contribution in [0.3, 0.4) is 0 Å². The normalized spacial score (nSPS) is 14.5. The fourth-order valence-electron chi connectivity index (χ4n) is 0.974. The number of benzene rings is 1. The number of nitrogens with zero attached hydrogens (tertiary/aromatic N) is 1. The predicted molar refractivity (Wildman–Crippen MR) is 59.0 cm³/mol. The van der Waals surface area contributed by atoms with Crippen LogP contribution >= 0.6 is 23.4 Å². The lowest BCUT2D eigenvalue weighted by molar-refractivity contribution is 0.577. The maximum atomic E-state index is 5.77. The molecule has 0 radical (unpaired) electrons. The number of hydrogen-bond donors (Lipinski definition) is 3. The zero-order valence-corrected chi connectivity index (χ0v) is 8.82. The summed E-state index contributed by atoms with van der Waals surface area (Å²) in [6, 6.07) is 7.74. The number of hydrazine groups is 2. The number of amidine groups is 1. The molecule has 0 saturated heterocycles. The predicted octanol–water partition coefficient (Wildman–Crippen LogP) is 1.36. The minimum absolute atomic E-state index is 0.758. The van der Waals surface area contributed by atoms with Gasteiger partial charge in [-0.2, -0.15) is 0 Å². The molecule has 0 unspecified atom stereocenters. The molecule has 1 aromatic carbocycles. The van der Waals surface area contributed by atoms with Crippen LogP contribution in [-0.4, -0.2) is 11.6 Å². The van der Waals surface area contributed by atoms with Crippen LogP contribution in [0.15, 0.2) is 34.3 Å². The second-order valence-electron chi connectivity index (χ2n) is 2.66. The summed E-state index contributed by atoms with van der Waals surface area (Å²) in [7, 11) is 0. The number of nitrogens with one attached hydrogen (secondary N) is 3. The molecule has 4 nitrogen and oxygen atoms in total. The third-order valence-electron chi connectivity index (χ3n) is 1.64. The first-order valence-corrected chi connectivity index (χ1v) is 5.42. The topological polar surface area (TPSA) is 48.5 Å². The summed E-state index contributed by atoms with van der Waals surface area (Å²) in [4.78, 5) is 1.17. The summed E-state index contributed by atoms with van der Waals surface area (Å²) in [5, 5.41) is 4.72. The molecule has 0 saturated carbocycles. The van der Waals surface area contributed by atoms with Crippen LogP contribution in [0.2, 0.25) is 5.02 Å². The molecular formula is C8H9ClN4S. The number of rotatable bonds is 3. The van der Waals surface area contributed by atoms with Crippen molar-refractivity contribution in [1.82, 2.24) is 16.5 Å². The fourth-order valence-corrected chi connectivity index (χ4v) is 1.87. The van der Waals surface area contributed by atoms with Gasteiger partial charge in [0.15, 0.2) is 0 Å². The first-order valence-electron chi connectivity index (χ1n) is 4.05. The lowest BCUT2D eigenvalue weighted by Crippen LogP contribution is -2.35. The lowest BCUT2D eigenvalue weighted by atomic mass is 10.4. The van der Waals surface area contributed by atoms with Gasteiger partial charge in [-0.1, -0.05) is 11.6 Å². The van der Waals surface area contributed by atoms with Crippen LogP contribution in [0, 0.1) is 0 Å². The molecule has 2 rings (SSSR count). The molecule has 0 aromatic heterocycles. The highest BCUT2D eigenvalue weighted by Gasteiger charge is 2.04. The van der Waals surface area contributed by atoms with Crippen molar-refractivity contribution in [2.45, 2.75) is 4.90 Å². The van der Waals surface area contributed by atoms with Crippen molar-refractivity contribution in [3.8, 4) is 0 Å². The van der Waals surface area contributed by atoms with Crippen molar-refractivity contribution in [2.75, 3.05) is 5.75 Å². The molecular weight excluding hydrogens is 220 g/mol. The largest absolute Gasteiger partial charge is 0.288 e. The molecule has 0 atom stereocenters. The summed E-state index contributed by atoms with van der Waals surface area (Å²) in [5.74, 6) is 1.67. The molecule has 0 spiro atoms. The SMILES string of the molecule is Clc1ccc(SCC2=NNNN2)cc1. The smallest absolute Gasteiger partial charge is 0.149 e. The summed E-state index contributed by atoms with van der Waals surface area (Å²) in [5.41, 5.74) is 8.17. The Balaban J connectivity index is 1.88. The molecule has 14 heavy (non-hydrogen) atoms. The van der Waals surface area contributed by atoms with Gasteiger partial charge in [0.05, 0.1) is 5.75 Å². The molecule has 3 N–H and O–H groups in total. The van der Waals surface area contributed by atoms with E-state index in [9.17, 15) is 0 Å². The minimum atomic E-state index is 0.758. The Bertz CT molecular complexity index is 338. The molecule has 0 amide bonds. The Morgan fingerprint density at radius 1 is 1.29 bits per heavy atom. The van der Waals surface area contributed by atoms with Gasteiger partial charge >= 0.3 is 0 Å². The quantitative estimate of drug-likeness (QED) is 0.684. The van der Waals surface area contributed by atoms with Crippen LogP contribution in [0.4, 0.5) is 0 Å². The Hall–Kier alpha value is -0.910. The zero-order valence-electron chi connectivity index (χ0n) is 7.25. The highest BCUT2D eigenvalue weighted by molar-refractivity contribution is 8.00. The summed E-state index contributed by atoms with van der Waals surface area (Å²) in [6.45, 7) is 0. The van der Waals surface area contributed by atoms with E-state index in [4.69, 9.17) is 11.6 Å². The van der Waals surface area contributed by atoms with E-state index in [0.29, 0.717) is 0 Å². The van der Waals surface area contributed by atoms with Gasteiger partial charge in [-0.3, -0.25) is 5.43 Å². The van der Waals surface area contributed by atoms with E-state index in [1.807, 2.05) is 24.3 Å². The highest BCUT2D eigenvalue weighted by atomic mass is 35.5. The highest BCUT2D eigenvalue weighted by Crippen LogP contribution is 2.20. The van der Waals surface area contributed by atoms with Gasteiger partial charge < -0.3 is 0 Å². The van der Waals surface area contributed by atoms with Crippen molar-refractivity contribution >= 4 is 29.2 Å². The number of hydrazone groups is 1. The average Bonchev–Trinajstić information content (AvgIpc) is 2.70. The van der Waals surface area contributed by atoms with Gasteiger partial charge in [-0.05, 0) is 24.3 Å². The fraction of sp³-hybridized carbons (Fsp3) is 0.125. The van der Waals surface area contributed by atoms with Crippen LogP contribution in [0.5, 0.6) is 0 Å². The molecule has 6 heteroatoms. The number of halogens is 1. The van der Waals surface area contributed by atoms with Crippen molar-refractivity contribution in [1.29, 1.82) is 0 Å². The van der Waals surface area contributed by atoms with Gasteiger partial charge in [0.25, 0.3) is 0 Å². The third-order valence-corrected chi connectivity index (χ3v) is 2.92. The maximum absolute atomic E-state index is 5.77. The molecule has 1 aromatic rings. The van der Waals surface area contributed by atoms with E-state index in [-0.39, 0.29) is 0 Å². The van der Waals surface area contributed by atoms with Crippen LogP contribution < -0.4 is 16.5 Å².